The summed E-state index contributed by atoms with van der Waals surface area (Å²) in [7, 11) is 0. The fraction of sp³-hybridized carbons (Fsp3) is 0.385. The van der Waals surface area contributed by atoms with Crippen molar-refractivity contribution in [1.82, 2.24) is 14.3 Å². The Balaban J connectivity index is 2.17. The van der Waals surface area contributed by atoms with Gasteiger partial charge in [0.1, 0.15) is 17.5 Å². The molecule has 1 aromatic carbocycles. The van der Waals surface area contributed by atoms with Crippen LogP contribution in [0.4, 0.5) is 8.78 Å². The van der Waals surface area contributed by atoms with E-state index in [0.29, 0.717) is 18.3 Å². The molecule has 0 atom stereocenters. The number of nitrogens with zero attached hydrogens (tertiary/aromatic N) is 3. The summed E-state index contributed by atoms with van der Waals surface area (Å²) >= 11 is 0. The van der Waals surface area contributed by atoms with Crippen molar-refractivity contribution < 1.29 is 8.78 Å². The Morgan fingerprint density at radius 1 is 1.26 bits per heavy atom. The average Bonchev–Trinajstić information content (AvgIpc) is 3.12. The minimum atomic E-state index is -0.721. The Hall–Kier alpha value is -1.98. The van der Waals surface area contributed by atoms with Gasteiger partial charge in [-0.15, -0.1) is 5.10 Å². The van der Waals surface area contributed by atoms with E-state index in [1.165, 1.54) is 0 Å². The van der Waals surface area contributed by atoms with E-state index in [2.05, 4.69) is 5.10 Å². The highest BCUT2D eigenvalue weighted by Crippen LogP contribution is 2.38. The first-order valence-corrected chi connectivity index (χ1v) is 6.26. The Morgan fingerprint density at radius 3 is 2.42 bits per heavy atom. The van der Waals surface area contributed by atoms with Crippen molar-refractivity contribution >= 4 is 0 Å². The lowest BCUT2D eigenvalue weighted by Gasteiger charge is -1.99. The molecule has 6 heteroatoms. The lowest BCUT2D eigenvalue weighted by molar-refractivity contribution is 0.579. The molecule has 19 heavy (non-hydrogen) atoms. The van der Waals surface area contributed by atoms with Gasteiger partial charge in [-0.3, -0.25) is 4.57 Å². The van der Waals surface area contributed by atoms with Gasteiger partial charge in [0.15, 0.2) is 0 Å². The van der Waals surface area contributed by atoms with Gasteiger partial charge in [-0.1, -0.05) is 0 Å². The van der Waals surface area contributed by atoms with Crippen molar-refractivity contribution in [3.8, 4) is 5.69 Å². The number of halogens is 2. The fourth-order valence-electron chi connectivity index (χ4n) is 2.18. The van der Waals surface area contributed by atoms with Crippen LogP contribution >= 0.6 is 0 Å². The summed E-state index contributed by atoms with van der Waals surface area (Å²) in [6.45, 7) is 2.36. The molecule has 0 spiro atoms. The van der Waals surface area contributed by atoms with Crippen molar-refractivity contribution in [3.63, 3.8) is 0 Å². The summed E-state index contributed by atoms with van der Waals surface area (Å²) in [5.41, 5.74) is -0.231. The van der Waals surface area contributed by atoms with E-state index in [1.54, 1.807) is 4.57 Å². The second-order valence-electron chi connectivity index (χ2n) is 4.70. The first kappa shape index (κ1) is 12.1. The van der Waals surface area contributed by atoms with Crippen LogP contribution in [0.25, 0.3) is 5.69 Å². The van der Waals surface area contributed by atoms with Crippen LogP contribution in [0.3, 0.4) is 0 Å². The zero-order valence-corrected chi connectivity index (χ0v) is 10.4. The van der Waals surface area contributed by atoms with Crippen molar-refractivity contribution in [2.24, 2.45) is 0 Å². The van der Waals surface area contributed by atoms with E-state index < -0.39 is 11.6 Å². The van der Waals surface area contributed by atoms with Gasteiger partial charge in [0.2, 0.25) is 0 Å². The highest BCUT2D eigenvalue weighted by Gasteiger charge is 2.30. The van der Waals surface area contributed by atoms with Crippen LogP contribution in [0.15, 0.2) is 23.0 Å². The first-order valence-electron chi connectivity index (χ1n) is 6.26. The molecule has 0 N–H and O–H groups in total. The molecule has 0 aliphatic heterocycles. The first-order chi connectivity index (χ1) is 9.10. The monoisotopic (exact) mass is 265 g/mol. The highest BCUT2D eigenvalue weighted by molar-refractivity contribution is 5.31. The second-order valence-corrected chi connectivity index (χ2v) is 4.70. The molecule has 1 fully saturated rings. The molecule has 1 aromatic heterocycles. The Labute approximate surface area is 108 Å². The molecule has 0 unspecified atom stereocenters. The minimum Gasteiger partial charge on any atom is -0.279 e. The number of hydrogen-bond donors (Lipinski definition) is 0. The summed E-state index contributed by atoms with van der Waals surface area (Å²) in [5, 5.41) is 4.23. The summed E-state index contributed by atoms with van der Waals surface area (Å²) in [4.78, 5) is 12.2. The summed E-state index contributed by atoms with van der Waals surface area (Å²) in [6, 6.07) is 2.98. The third kappa shape index (κ3) is 2.07. The fourth-order valence-corrected chi connectivity index (χ4v) is 2.18. The molecule has 0 radical (unpaired) electrons. The van der Waals surface area contributed by atoms with Crippen LogP contribution in [0.1, 0.15) is 31.5 Å². The Kier molecular flexibility index (Phi) is 2.73. The number of benzene rings is 1. The Morgan fingerprint density at radius 2 is 1.89 bits per heavy atom. The van der Waals surface area contributed by atoms with Gasteiger partial charge in [0.05, 0.1) is 5.69 Å². The lowest BCUT2D eigenvalue weighted by atomic mass is 10.3. The van der Waals surface area contributed by atoms with E-state index >= 15 is 0 Å². The van der Waals surface area contributed by atoms with Gasteiger partial charge in [0.25, 0.3) is 0 Å². The average molecular weight is 265 g/mol. The minimum absolute atomic E-state index is 0.122. The van der Waals surface area contributed by atoms with Gasteiger partial charge in [-0.2, -0.15) is 4.68 Å². The quantitative estimate of drug-likeness (QED) is 0.853. The molecular formula is C13H13F2N3O. The van der Waals surface area contributed by atoms with Gasteiger partial charge in [0, 0.05) is 18.5 Å². The molecule has 0 saturated heterocycles. The van der Waals surface area contributed by atoms with Crippen LogP contribution in [0.2, 0.25) is 0 Å². The standard InChI is InChI=1S/C13H13F2N3O/c1-2-17-12(8-3-4-8)16-18(13(17)19)11-6-9(14)5-10(15)7-11/h5-8H,2-4H2,1H3. The van der Waals surface area contributed by atoms with Crippen molar-refractivity contribution in [1.29, 1.82) is 0 Å². The van der Waals surface area contributed by atoms with E-state index in [4.69, 9.17) is 0 Å². The van der Waals surface area contributed by atoms with E-state index in [-0.39, 0.29) is 11.4 Å². The zero-order valence-electron chi connectivity index (χ0n) is 10.4. The summed E-state index contributed by atoms with van der Waals surface area (Å²) in [6.07, 6.45) is 2.02. The number of rotatable bonds is 3. The molecule has 1 aliphatic carbocycles. The van der Waals surface area contributed by atoms with Crippen molar-refractivity contribution in [2.45, 2.75) is 32.2 Å². The molecule has 1 aliphatic rings. The molecule has 1 saturated carbocycles. The molecule has 1 heterocycles. The SMILES string of the molecule is CCn1c(C2CC2)nn(-c2cc(F)cc(F)c2)c1=O. The van der Waals surface area contributed by atoms with E-state index in [1.807, 2.05) is 6.92 Å². The predicted octanol–water partition coefficient (Wildman–Crippen LogP) is 2.21. The molecule has 2 aromatic rings. The molecule has 0 amide bonds. The molecular weight excluding hydrogens is 252 g/mol. The smallest absolute Gasteiger partial charge is 0.279 e. The van der Waals surface area contributed by atoms with Gasteiger partial charge in [-0.05, 0) is 31.9 Å². The largest absolute Gasteiger partial charge is 0.350 e. The second kappa shape index (κ2) is 4.29. The number of hydrogen-bond acceptors (Lipinski definition) is 2. The maximum absolute atomic E-state index is 13.2. The van der Waals surface area contributed by atoms with Gasteiger partial charge >= 0.3 is 5.69 Å². The predicted molar refractivity (Wildman–Crippen MR) is 65.4 cm³/mol. The van der Waals surface area contributed by atoms with Crippen molar-refractivity contribution in [2.75, 3.05) is 0 Å². The van der Waals surface area contributed by atoms with Crippen molar-refractivity contribution in [3.05, 3.63) is 46.1 Å². The Bertz CT molecular complexity index is 665. The van der Waals surface area contributed by atoms with E-state index in [0.717, 1.165) is 35.7 Å². The zero-order chi connectivity index (χ0) is 13.6. The molecule has 100 valence electrons. The third-order valence-electron chi connectivity index (χ3n) is 3.24. The summed E-state index contributed by atoms with van der Waals surface area (Å²) < 4.78 is 29.1. The van der Waals surface area contributed by atoms with Gasteiger partial charge < -0.3 is 0 Å². The topological polar surface area (TPSA) is 39.8 Å². The van der Waals surface area contributed by atoms with Crippen LogP contribution in [0.5, 0.6) is 0 Å². The molecule has 4 nitrogen and oxygen atoms in total. The van der Waals surface area contributed by atoms with Crippen LogP contribution in [-0.2, 0) is 6.54 Å². The molecule has 3 rings (SSSR count). The normalized spacial score (nSPS) is 14.9. The molecule has 0 bridgehead atoms. The third-order valence-corrected chi connectivity index (χ3v) is 3.24. The maximum Gasteiger partial charge on any atom is 0.350 e. The maximum atomic E-state index is 13.2. The number of aromatic nitrogens is 3. The lowest BCUT2D eigenvalue weighted by Crippen LogP contribution is -2.24. The van der Waals surface area contributed by atoms with Crippen LogP contribution in [-0.4, -0.2) is 14.3 Å². The highest BCUT2D eigenvalue weighted by atomic mass is 19.1. The summed E-state index contributed by atoms with van der Waals surface area (Å²) in [5.74, 6) is -0.439. The van der Waals surface area contributed by atoms with Crippen LogP contribution < -0.4 is 5.69 Å². The van der Waals surface area contributed by atoms with Gasteiger partial charge in [-0.25, -0.2) is 13.6 Å². The van der Waals surface area contributed by atoms with E-state index in [9.17, 15) is 13.6 Å². The van der Waals surface area contributed by atoms with Crippen LogP contribution in [0, 0.1) is 11.6 Å².